The molecule has 1 N–H and O–H groups in total. The van der Waals surface area contributed by atoms with Gasteiger partial charge in [-0.05, 0) is 42.8 Å². The number of hydrogen-bond acceptors (Lipinski definition) is 5. The highest BCUT2D eigenvalue weighted by Gasteiger charge is 2.21. The molecule has 9 heteroatoms. The number of pyridine rings is 1. The third kappa shape index (κ3) is 5.26. The number of nitrogens with zero attached hydrogens (tertiary/aromatic N) is 4. The van der Waals surface area contributed by atoms with Crippen molar-refractivity contribution < 1.29 is 13.2 Å². The Labute approximate surface area is 205 Å². The number of carbonyl (C=O) groups is 1. The van der Waals surface area contributed by atoms with E-state index in [0.29, 0.717) is 18.5 Å². The first-order chi connectivity index (χ1) is 16.8. The molecule has 2 aromatic carbocycles. The standard InChI is InChI=1S/C26H29N5O3S/c1-4-31-23-14-13-20(35(33,34)30(2)3)18-22(23)28-24(31)15-16-25(32)29-26(19-10-6-5-7-11-19)21-12-8-9-17-27-21/h5-14,17-18,26H,4,15-16H2,1-3H3,(H,29,32). The third-order valence-corrected chi connectivity index (χ3v) is 7.70. The molecule has 4 aromatic rings. The summed E-state index contributed by atoms with van der Waals surface area (Å²) < 4.78 is 28.2. The quantitative estimate of drug-likeness (QED) is 0.386. The summed E-state index contributed by atoms with van der Waals surface area (Å²) in [5, 5.41) is 3.11. The minimum atomic E-state index is -3.56. The molecule has 0 aliphatic heterocycles. The summed E-state index contributed by atoms with van der Waals surface area (Å²) >= 11 is 0. The highest BCUT2D eigenvalue weighted by molar-refractivity contribution is 7.89. The lowest BCUT2D eigenvalue weighted by Gasteiger charge is -2.19. The predicted molar refractivity (Wildman–Crippen MR) is 135 cm³/mol. The van der Waals surface area contributed by atoms with Gasteiger partial charge < -0.3 is 9.88 Å². The van der Waals surface area contributed by atoms with E-state index >= 15 is 0 Å². The van der Waals surface area contributed by atoms with Crippen LogP contribution in [0.15, 0.2) is 77.8 Å². The molecule has 2 aromatic heterocycles. The Kier molecular flexibility index (Phi) is 7.28. The molecule has 8 nitrogen and oxygen atoms in total. The lowest BCUT2D eigenvalue weighted by Crippen LogP contribution is -2.30. The lowest BCUT2D eigenvalue weighted by atomic mass is 10.0. The smallest absolute Gasteiger partial charge is 0.242 e. The molecule has 0 aliphatic rings. The van der Waals surface area contributed by atoms with Crippen LogP contribution in [0.1, 0.15) is 36.5 Å². The summed E-state index contributed by atoms with van der Waals surface area (Å²) in [4.78, 5) is 22.3. The van der Waals surface area contributed by atoms with Crippen LogP contribution in [-0.4, -0.2) is 47.3 Å². The van der Waals surface area contributed by atoms with Crippen molar-refractivity contribution in [3.05, 3.63) is 90.0 Å². The van der Waals surface area contributed by atoms with Crippen molar-refractivity contribution in [2.24, 2.45) is 0 Å². The van der Waals surface area contributed by atoms with Crippen LogP contribution in [0.5, 0.6) is 0 Å². The average molecular weight is 492 g/mol. The minimum Gasteiger partial charge on any atom is -0.344 e. The molecule has 0 bridgehead atoms. The summed E-state index contributed by atoms with van der Waals surface area (Å²) in [6.45, 7) is 2.66. The van der Waals surface area contributed by atoms with Gasteiger partial charge in [-0.15, -0.1) is 0 Å². The van der Waals surface area contributed by atoms with Gasteiger partial charge in [-0.25, -0.2) is 17.7 Å². The largest absolute Gasteiger partial charge is 0.344 e. The van der Waals surface area contributed by atoms with E-state index in [4.69, 9.17) is 0 Å². The van der Waals surface area contributed by atoms with Gasteiger partial charge in [0.1, 0.15) is 5.82 Å². The van der Waals surface area contributed by atoms with Crippen LogP contribution in [0, 0.1) is 0 Å². The number of imidazole rings is 1. The van der Waals surface area contributed by atoms with E-state index in [2.05, 4.69) is 15.3 Å². The molecule has 35 heavy (non-hydrogen) atoms. The van der Waals surface area contributed by atoms with Crippen LogP contribution >= 0.6 is 0 Å². The Hall–Kier alpha value is -3.56. The number of hydrogen-bond donors (Lipinski definition) is 1. The van der Waals surface area contributed by atoms with Crippen LogP contribution in [0.4, 0.5) is 0 Å². The number of rotatable bonds is 9. The third-order valence-electron chi connectivity index (χ3n) is 5.89. The maximum atomic E-state index is 13.0. The Balaban J connectivity index is 1.54. The van der Waals surface area contributed by atoms with Gasteiger partial charge in [0, 0.05) is 39.7 Å². The highest BCUT2D eigenvalue weighted by atomic mass is 32.2. The van der Waals surface area contributed by atoms with Gasteiger partial charge in [-0.3, -0.25) is 9.78 Å². The summed E-state index contributed by atoms with van der Waals surface area (Å²) in [5.74, 6) is 0.626. The van der Waals surface area contributed by atoms with Crippen LogP contribution in [0.3, 0.4) is 0 Å². The molecule has 0 fully saturated rings. The fraction of sp³-hybridized carbons (Fsp3) is 0.269. The van der Waals surface area contributed by atoms with E-state index in [0.717, 1.165) is 22.6 Å². The number of amides is 1. The number of nitrogens with one attached hydrogen (secondary N) is 1. The molecule has 4 rings (SSSR count). The van der Waals surface area contributed by atoms with Gasteiger partial charge in [0.25, 0.3) is 0 Å². The first-order valence-corrected chi connectivity index (χ1v) is 12.9. The Morgan fingerprint density at radius 2 is 1.80 bits per heavy atom. The zero-order chi connectivity index (χ0) is 25.0. The summed E-state index contributed by atoms with van der Waals surface area (Å²) in [7, 11) is -0.553. The molecule has 1 atom stereocenters. The second kappa shape index (κ2) is 10.4. The van der Waals surface area contributed by atoms with Crippen molar-refractivity contribution in [3.8, 4) is 0 Å². The molecular formula is C26H29N5O3S. The van der Waals surface area contributed by atoms with Crippen LogP contribution < -0.4 is 5.32 Å². The monoisotopic (exact) mass is 491 g/mol. The normalized spacial score (nSPS) is 12.7. The predicted octanol–water partition coefficient (Wildman–Crippen LogP) is 3.54. The van der Waals surface area contributed by atoms with E-state index in [1.807, 2.05) is 60.0 Å². The Bertz CT molecular complexity index is 1380. The molecular weight excluding hydrogens is 462 g/mol. The molecule has 182 valence electrons. The number of sulfonamides is 1. The SMILES string of the molecule is CCn1c(CCC(=O)NC(c2ccccc2)c2ccccn2)nc2cc(S(=O)(=O)N(C)C)ccc21. The number of fused-ring (bicyclic) bond motifs is 1. The molecule has 1 unspecified atom stereocenters. The van der Waals surface area contributed by atoms with Gasteiger partial charge in [-0.2, -0.15) is 0 Å². The van der Waals surface area contributed by atoms with E-state index < -0.39 is 10.0 Å². The molecule has 0 spiro atoms. The van der Waals surface area contributed by atoms with E-state index in [1.165, 1.54) is 18.4 Å². The Morgan fingerprint density at radius 1 is 1.06 bits per heavy atom. The van der Waals surface area contributed by atoms with Crippen LogP contribution in [-0.2, 0) is 27.8 Å². The van der Waals surface area contributed by atoms with Crippen molar-refractivity contribution in [1.82, 2.24) is 24.2 Å². The summed E-state index contributed by atoms with van der Waals surface area (Å²) in [6.07, 6.45) is 2.38. The topological polar surface area (TPSA) is 97.2 Å². The first-order valence-electron chi connectivity index (χ1n) is 11.5. The molecule has 0 saturated carbocycles. The maximum absolute atomic E-state index is 13.0. The summed E-state index contributed by atoms with van der Waals surface area (Å²) in [6, 6.07) is 20.0. The summed E-state index contributed by atoms with van der Waals surface area (Å²) in [5.41, 5.74) is 3.16. The lowest BCUT2D eigenvalue weighted by molar-refractivity contribution is -0.121. The minimum absolute atomic E-state index is 0.116. The molecule has 0 radical (unpaired) electrons. The van der Waals surface area contributed by atoms with Crippen molar-refractivity contribution in [2.45, 2.75) is 37.2 Å². The van der Waals surface area contributed by atoms with Crippen molar-refractivity contribution >= 4 is 27.0 Å². The number of aryl methyl sites for hydroxylation is 2. The van der Waals surface area contributed by atoms with E-state index in [-0.39, 0.29) is 23.3 Å². The van der Waals surface area contributed by atoms with Crippen molar-refractivity contribution in [3.63, 3.8) is 0 Å². The maximum Gasteiger partial charge on any atom is 0.242 e. The molecule has 1 amide bonds. The zero-order valence-electron chi connectivity index (χ0n) is 20.0. The number of benzene rings is 2. The van der Waals surface area contributed by atoms with Crippen molar-refractivity contribution in [2.75, 3.05) is 14.1 Å². The fourth-order valence-corrected chi connectivity index (χ4v) is 4.98. The second-order valence-electron chi connectivity index (χ2n) is 8.38. The number of carbonyl (C=O) groups excluding carboxylic acids is 1. The zero-order valence-corrected chi connectivity index (χ0v) is 20.9. The second-order valence-corrected chi connectivity index (χ2v) is 10.5. The van der Waals surface area contributed by atoms with Gasteiger partial charge in [0.05, 0.1) is 27.7 Å². The highest BCUT2D eigenvalue weighted by Crippen LogP contribution is 2.24. The Morgan fingerprint density at radius 3 is 2.46 bits per heavy atom. The fourth-order valence-electron chi connectivity index (χ4n) is 4.05. The number of aromatic nitrogens is 3. The molecule has 0 saturated heterocycles. The van der Waals surface area contributed by atoms with Gasteiger partial charge in [0.15, 0.2) is 0 Å². The van der Waals surface area contributed by atoms with E-state index in [9.17, 15) is 13.2 Å². The van der Waals surface area contributed by atoms with Gasteiger partial charge >= 0.3 is 0 Å². The van der Waals surface area contributed by atoms with E-state index in [1.54, 1.807) is 24.4 Å². The first kappa shape index (κ1) is 24.6. The van der Waals surface area contributed by atoms with Gasteiger partial charge in [0.2, 0.25) is 15.9 Å². The molecule has 0 aliphatic carbocycles. The van der Waals surface area contributed by atoms with Crippen LogP contribution in [0.25, 0.3) is 11.0 Å². The van der Waals surface area contributed by atoms with Gasteiger partial charge in [-0.1, -0.05) is 36.4 Å². The van der Waals surface area contributed by atoms with Crippen molar-refractivity contribution in [1.29, 1.82) is 0 Å². The van der Waals surface area contributed by atoms with Crippen LogP contribution in [0.2, 0.25) is 0 Å². The average Bonchev–Trinajstić information content (AvgIpc) is 3.23. The molecule has 2 heterocycles.